The van der Waals surface area contributed by atoms with Gasteiger partial charge in [0.2, 0.25) is 5.91 Å². The van der Waals surface area contributed by atoms with Gasteiger partial charge in [-0.3, -0.25) is 19.2 Å². The molecule has 1 amide bonds. The van der Waals surface area contributed by atoms with Gasteiger partial charge in [0.1, 0.15) is 12.1 Å². The number of Topliss-reactive ketones (excluding diaryl/α,β-unsaturated/α-hetero) is 2. The number of ether oxygens (including phenoxy) is 1. The van der Waals surface area contributed by atoms with Gasteiger partial charge in [0.15, 0.2) is 17.5 Å². The van der Waals surface area contributed by atoms with Gasteiger partial charge in [0.05, 0.1) is 5.41 Å². The van der Waals surface area contributed by atoms with Gasteiger partial charge in [-0.25, -0.2) is 0 Å². The molecule has 1 atom stereocenters. The van der Waals surface area contributed by atoms with Crippen LogP contribution in [-0.2, 0) is 24.5 Å². The van der Waals surface area contributed by atoms with Gasteiger partial charge in [-0.2, -0.15) is 0 Å². The Morgan fingerprint density at radius 2 is 1.67 bits per heavy atom. The zero-order valence-corrected chi connectivity index (χ0v) is 19.3. The summed E-state index contributed by atoms with van der Waals surface area (Å²) in [6.07, 6.45) is 2.97. The monoisotopic (exact) mass is 447 g/mol. The molecule has 1 fully saturated rings. The smallest absolute Gasteiger partial charge is 0.325 e. The van der Waals surface area contributed by atoms with Gasteiger partial charge >= 0.3 is 5.97 Å². The highest BCUT2D eigenvalue weighted by atomic mass is 16.6. The van der Waals surface area contributed by atoms with Crippen LogP contribution in [0.4, 0.5) is 0 Å². The number of fused-ring (bicyclic) bond motifs is 2. The molecule has 0 heterocycles. The molecule has 0 aromatic heterocycles. The maximum atomic E-state index is 13.6. The second kappa shape index (κ2) is 8.58. The summed E-state index contributed by atoms with van der Waals surface area (Å²) in [5.74, 6) is -3.67. The zero-order valence-electron chi connectivity index (χ0n) is 19.3. The fourth-order valence-corrected chi connectivity index (χ4v) is 5.03. The minimum Gasteiger partial charge on any atom is -0.459 e. The largest absolute Gasteiger partial charge is 0.459 e. The summed E-state index contributed by atoms with van der Waals surface area (Å²) >= 11 is 0. The lowest BCUT2D eigenvalue weighted by atomic mass is 9.63. The molecule has 2 aliphatic rings. The van der Waals surface area contributed by atoms with Gasteiger partial charge in [0, 0.05) is 5.56 Å². The van der Waals surface area contributed by atoms with Gasteiger partial charge in [0.25, 0.3) is 0 Å². The van der Waals surface area contributed by atoms with Gasteiger partial charge < -0.3 is 10.1 Å². The average Bonchev–Trinajstić information content (AvgIpc) is 3.27. The molecule has 4 rings (SSSR count). The maximum absolute atomic E-state index is 13.6. The first kappa shape index (κ1) is 22.9. The highest BCUT2D eigenvalue weighted by molar-refractivity contribution is 6.29. The molecule has 0 aliphatic heterocycles. The van der Waals surface area contributed by atoms with E-state index in [4.69, 9.17) is 4.74 Å². The molecule has 0 saturated heterocycles. The molecule has 0 radical (unpaired) electrons. The lowest BCUT2D eigenvalue weighted by molar-refractivity contribution is -0.155. The number of benzene rings is 2. The van der Waals surface area contributed by atoms with E-state index in [1.54, 1.807) is 26.8 Å². The Morgan fingerprint density at radius 3 is 2.30 bits per heavy atom. The maximum Gasteiger partial charge on any atom is 0.325 e. The molecule has 2 aromatic carbocycles. The predicted octanol–water partition coefficient (Wildman–Crippen LogP) is 4.00. The van der Waals surface area contributed by atoms with Crippen LogP contribution in [-0.4, -0.2) is 35.6 Å². The molecule has 0 bridgehead atoms. The predicted molar refractivity (Wildman–Crippen MR) is 124 cm³/mol. The first-order valence-corrected chi connectivity index (χ1v) is 11.4. The van der Waals surface area contributed by atoms with Crippen molar-refractivity contribution in [2.24, 2.45) is 5.92 Å². The fourth-order valence-electron chi connectivity index (χ4n) is 5.03. The zero-order chi connectivity index (χ0) is 23.8. The summed E-state index contributed by atoms with van der Waals surface area (Å²) in [5, 5.41) is 2.46. The summed E-state index contributed by atoms with van der Waals surface area (Å²) < 4.78 is 5.22. The van der Waals surface area contributed by atoms with E-state index in [9.17, 15) is 19.2 Å². The van der Waals surface area contributed by atoms with Crippen LogP contribution in [0, 0.1) is 5.92 Å². The number of esters is 1. The van der Waals surface area contributed by atoms with Crippen molar-refractivity contribution in [1.82, 2.24) is 5.32 Å². The Bertz CT molecular complexity index is 1110. The highest BCUT2D eigenvalue weighted by Crippen LogP contribution is 2.49. The Morgan fingerprint density at radius 1 is 1.00 bits per heavy atom. The molecule has 2 aliphatic carbocycles. The second-order valence-electron chi connectivity index (χ2n) is 9.88. The summed E-state index contributed by atoms with van der Waals surface area (Å²) in [6, 6.07) is 15.3. The number of carbonyl (C=O) groups is 4. The normalized spacial score (nSPS) is 19.3. The van der Waals surface area contributed by atoms with E-state index in [0.29, 0.717) is 18.4 Å². The standard InChI is InChI=1S/C27H29NO5/c1-26(2,3)33-21(29)16-28-25(32)22-23(30)19-15-18(17-9-5-4-6-10-17)11-12-20(19)27(24(22)31)13-7-8-14-27/h4-6,9-12,15,22H,7-8,13-14,16H2,1-3H3,(H,28,32). The molecule has 172 valence electrons. The van der Waals surface area contributed by atoms with Crippen LogP contribution in [0.5, 0.6) is 0 Å². The van der Waals surface area contributed by atoms with Crippen molar-refractivity contribution in [1.29, 1.82) is 0 Å². The second-order valence-corrected chi connectivity index (χ2v) is 9.88. The minimum atomic E-state index is -1.45. The topological polar surface area (TPSA) is 89.5 Å². The molecule has 1 saturated carbocycles. The first-order valence-electron chi connectivity index (χ1n) is 11.4. The van der Waals surface area contributed by atoms with Crippen molar-refractivity contribution >= 4 is 23.4 Å². The minimum absolute atomic E-state index is 0.355. The number of rotatable bonds is 4. The third kappa shape index (κ3) is 4.34. The Labute approximate surface area is 193 Å². The van der Waals surface area contributed by atoms with E-state index in [0.717, 1.165) is 29.5 Å². The summed E-state index contributed by atoms with van der Waals surface area (Å²) in [4.78, 5) is 52.1. The molecular weight excluding hydrogens is 418 g/mol. The molecule has 2 aromatic rings. The van der Waals surface area contributed by atoms with E-state index in [1.165, 1.54) is 0 Å². The van der Waals surface area contributed by atoms with Crippen LogP contribution in [0.2, 0.25) is 0 Å². The Hall–Kier alpha value is -3.28. The van der Waals surface area contributed by atoms with E-state index in [-0.39, 0.29) is 5.78 Å². The molecule has 6 nitrogen and oxygen atoms in total. The summed E-state index contributed by atoms with van der Waals surface area (Å²) in [5.41, 5.74) is 1.45. The first-order chi connectivity index (χ1) is 15.6. The number of amides is 1. The third-order valence-electron chi connectivity index (χ3n) is 6.45. The van der Waals surface area contributed by atoms with E-state index < -0.39 is 41.1 Å². The lowest BCUT2D eigenvalue weighted by Crippen LogP contribution is -2.53. The van der Waals surface area contributed by atoms with Gasteiger partial charge in [-0.05, 0) is 56.4 Å². The van der Waals surface area contributed by atoms with Crippen molar-refractivity contribution in [3.8, 4) is 11.1 Å². The lowest BCUT2D eigenvalue weighted by Gasteiger charge is -2.37. The Balaban J connectivity index is 1.67. The molecule has 33 heavy (non-hydrogen) atoms. The van der Waals surface area contributed by atoms with Gasteiger partial charge in [-0.15, -0.1) is 0 Å². The van der Waals surface area contributed by atoms with Gasteiger partial charge in [-0.1, -0.05) is 55.3 Å². The van der Waals surface area contributed by atoms with Crippen molar-refractivity contribution in [3.05, 3.63) is 59.7 Å². The Kier molecular flexibility index (Phi) is 5.95. The van der Waals surface area contributed by atoms with Crippen LogP contribution in [0.1, 0.15) is 62.4 Å². The average molecular weight is 448 g/mol. The quantitative estimate of drug-likeness (QED) is 0.565. The van der Waals surface area contributed by atoms with Crippen molar-refractivity contribution in [3.63, 3.8) is 0 Å². The summed E-state index contributed by atoms with van der Waals surface area (Å²) in [7, 11) is 0. The highest BCUT2D eigenvalue weighted by Gasteiger charge is 2.55. The molecular formula is C27H29NO5. The van der Waals surface area contributed by atoms with Crippen LogP contribution >= 0.6 is 0 Å². The van der Waals surface area contributed by atoms with E-state index >= 15 is 0 Å². The number of carbonyl (C=O) groups excluding carboxylic acids is 4. The SMILES string of the molecule is CC(C)(C)OC(=O)CNC(=O)C1C(=O)c2cc(-c3ccccc3)ccc2C2(CCCC2)C1=O. The van der Waals surface area contributed by atoms with Crippen LogP contribution in [0.3, 0.4) is 0 Å². The van der Waals surface area contributed by atoms with Crippen molar-refractivity contribution in [2.45, 2.75) is 57.5 Å². The van der Waals surface area contributed by atoms with E-state index in [1.807, 2.05) is 42.5 Å². The number of ketones is 2. The number of nitrogens with one attached hydrogen (secondary N) is 1. The van der Waals surface area contributed by atoms with Crippen LogP contribution in [0.25, 0.3) is 11.1 Å². The fraction of sp³-hybridized carbons (Fsp3) is 0.407. The molecule has 1 spiro atoms. The summed E-state index contributed by atoms with van der Waals surface area (Å²) in [6.45, 7) is 4.79. The molecule has 1 unspecified atom stereocenters. The van der Waals surface area contributed by atoms with E-state index in [2.05, 4.69) is 5.32 Å². The number of hydrogen-bond donors (Lipinski definition) is 1. The number of hydrogen-bond acceptors (Lipinski definition) is 5. The van der Waals surface area contributed by atoms with Crippen molar-refractivity contribution in [2.75, 3.05) is 6.54 Å². The van der Waals surface area contributed by atoms with Crippen LogP contribution < -0.4 is 5.32 Å². The molecule has 1 N–H and O–H groups in total. The third-order valence-corrected chi connectivity index (χ3v) is 6.45. The molecule has 6 heteroatoms. The van der Waals surface area contributed by atoms with Crippen LogP contribution in [0.15, 0.2) is 48.5 Å². The van der Waals surface area contributed by atoms with Crippen molar-refractivity contribution < 1.29 is 23.9 Å².